The van der Waals surface area contributed by atoms with E-state index in [-0.39, 0.29) is 17.7 Å². The summed E-state index contributed by atoms with van der Waals surface area (Å²) in [5, 5.41) is 12.6. The van der Waals surface area contributed by atoms with Crippen molar-refractivity contribution in [3.05, 3.63) is 63.1 Å². The van der Waals surface area contributed by atoms with Crippen LogP contribution in [0.2, 0.25) is 0 Å². The van der Waals surface area contributed by atoms with Gasteiger partial charge in [0.1, 0.15) is 0 Å². The summed E-state index contributed by atoms with van der Waals surface area (Å²) in [6, 6.07) is 11.8. The molecular weight excluding hydrogens is 576 g/mol. The predicted molar refractivity (Wildman–Crippen MR) is 135 cm³/mol. The van der Waals surface area contributed by atoms with Crippen LogP contribution in [0, 0.1) is 23.7 Å². The zero-order chi connectivity index (χ0) is 22.4. The highest BCUT2D eigenvalue weighted by atomic mass is 79.9. The molecule has 2 bridgehead atoms. The average molecular weight is 594 g/mol. The number of hydrogen-bond acceptors (Lipinski definition) is 5. The van der Waals surface area contributed by atoms with Crippen LogP contribution in [-0.2, 0) is 15.3 Å². The lowest BCUT2D eigenvalue weighted by atomic mass is 9.82. The molecular formula is C23H18Br2N2O3S2. The molecule has 0 spiro atoms. The molecule has 2 N–H and O–H groups in total. The van der Waals surface area contributed by atoms with Crippen molar-refractivity contribution in [1.82, 2.24) is 4.98 Å². The number of thiazole rings is 1. The van der Waals surface area contributed by atoms with Crippen LogP contribution in [0.5, 0.6) is 0 Å². The van der Waals surface area contributed by atoms with E-state index in [1.54, 1.807) is 23.1 Å². The Labute approximate surface area is 210 Å². The molecule has 0 aliphatic heterocycles. The minimum Gasteiger partial charge on any atom is -0.481 e. The monoisotopic (exact) mass is 592 g/mol. The number of carboxylic acids is 1. The highest BCUT2D eigenvalue weighted by molar-refractivity contribution is 9.11. The second kappa shape index (κ2) is 8.93. The first kappa shape index (κ1) is 22.1. The maximum Gasteiger partial charge on any atom is 0.307 e. The SMILES string of the molecule is O=C(Nc1ccc2nc(SCc3ccc(Br)cc3Br)sc2c1)[C@@H]1[C@H](C(=O)O)[C@H]2C=C[C@H]1C2. The fraction of sp³-hybridized carbons (Fsp3) is 0.261. The number of carbonyl (C=O) groups is 2. The van der Waals surface area contributed by atoms with Crippen molar-refractivity contribution < 1.29 is 14.7 Å². The van der Waals surface area contributed by atoms with Gasteiger partial charge in [-0.1, -0.05) is 61.8 Å². The fourth-order valence-corrected chi connectivity index (χ4v) is 8.05. The Bertz CT molecular complexity index is 1260. The van der Waals surface area contributed by atoms with Gasteiger partial charge in [-0.25, -0.2) is 4.98 Å². The second-order valence-corrected chi connectivity index (χ2v) is 12.0. The Morgan fingerprint density at radius 2 is 1.91 bits per heavy atom. The van der Waals surface area contributed by atoms with Crippen LogP contribution in [0.25, 0.3) is 10.2 Å². The molecule has 164 valence electrons. The van der Waals surface area contributed by atoms with Gasteiger partial charge in [0.15, 0.2) is 4.34 Å². The molecule has 0 radical (unpaired) electrons. The number of aromatic nitrogens is 1. The lowest BCUT2D eigenvalue weighted by Gasteiger charge is -2.23. The molecule has 3 aromatic rings. The van der Waals surface area contributed by atoms with Crippen molar-refractivity contribution in [3.8, 4) is 0 Å². The molecule has 4 atom stereocenters. The number of anilines is 1. The smallest absolute Gasteiger partial charge is 0.307 e. The van der Waals surface area contributed by atoms with E-state index in [2.05, 4.69) is 43.2 Å². The summed E-state index contributed by atoms with van der Waals surface area (Å²) in [7, 11) is 0. The molecule has 5 nitrogen and oxygen atoms in total. The van der Waals surface area contributed by atoms with E-state index < -0.39 is 17.8 Å². The molecule has 1 heterocycles. The highest BCUT2D eigenvalue weighted by Crippen LogP contribution is 2.48. The third kappa shape index (κ3) is 4.27. The van der Waals surface area contributed by atoms with Gasteiger partial charge in [-0.15, -0.1) is 11.3 Å². The largest absolute Gasteiger partial charge is 0.481 e. The number of aliphatic carboxylic acids is 1. The molecule has 9 heteroatoms. The Morgan fingerprint density at radius 1 is 1.12 bits per heavy atom. The van der Waals surface area contributed by atoms with Crippen molar-refractivity contribution in [1.29, 1.82) is 0 Å². The van der Waals surface area contributed by atoms with Crippen LogP contribution >= 0.6 is 55.0 Å². The normalized spacial score (nSPS) is 23.7. The molecule has 1 aromatic heterocycles. The number of carboxylic acid groups (broad SMARTS) is 1. The van der Waals surface area contributed by atoms with Gasteiger partial charge < -0.3 is 10.4 Å². The summed E-state index contributed by atoms with van der Waals surface area (Å²) in [5.41, 5.74) is 2.75. The summed E-state index contributed by atoms with van der Waals surface area (Å²) in [5.74, 6) is -1.50. The number of thioether (sulfide) groups is 1. The number of benzene rings is 2. The highest BCUT2D eigenvalue weighted by Gasteiger charge is 2.51. The van der Waals surface area contributed by atoms with E-state index in [1.165, 1.54) is 5.56 Å². The van der Waals surface area contributed by atoms with Crippen LogP contribution in [-0.4, -0.2) is 22.0 Å². The zero-order valence-electron chi connectivity index (χ0n) is 16.6. The molecule has 2 aliphatic carbocycles. The molecule has 2 aromatic carbocycles. The minimum absolute atomic E-state index is 0.00849. The van der Waals surface area contributed by atoms with Gasteiger partial charge >= 0.3 is 5.97 Å². The molecule has 5 rings (SSSR count). The summed E-state index contributed by atoms with van der Waals surface area (Å²) >= 11 is 10.3. The predicted octanol–water partition coefficient (Wildman–Crippen LogP) is 6.58. The lowest BCUT2D eigenvalue weighted by Crippen LogP contribution is -2.36. The molecule has 32 heavy (non-hydrogen) atoms. The van der Waals surface area contributed by atoms with Crippen LogP contribution in [0.4, 0.5) is 5.69 Å². The van der Waals surface area contributed by atoms with Crippen LogP contribution in [0.3, 0.4) is 0 Å². The van der Waals surface area contributed by atoms with Crippen LogP contribution < -0.4 is 5.32 Å². The number of nitrogens with one attached hydrogen (secondary N) is 1. The van der Waals surface area contributed by atoms with Crippen molar-refractivity contribution in [2.24, 2.45) is 23.7 Å². The van der Waals surface area contributed by atoms with Gasteiger partial charge in [-0.3, -0.25) is 9.59 Å². The number of nitrogens with zero attached hydrogens (tertiary/aromatic N) is 1. The fourth-order valence-electron chi connectivity index (χ4n) is 4.56. The number of allylic oxidation sites excluding steroid dienone is 2. The molecule has 1 amide bonds. The maximum absolute atomic E-state index is 12.9. The van der Waals surface area contributed by atoms with E-state index >= 15 is 0 Å². The number of halogens is 2. The van der Waals surface area contributed by atoms with Gasteiger partial charge in [0.25, 0.3) is 0 Å². The van der Waals surface area contributed by atoms with Gasteiger partial charge in [0.05, 0.1) is 22.1 Å². The lowest BCUT2D eigenvalue weighted by molar-refractivity contribution is -0.146. The number of carbonyl (C=O) groups excluding carboxylic acids is 1. The Morgan fingerprint density at radius 3 is 2.66 bits per heavy atom. The summed E-state index contributed by atoms with van der Waals surface area (Å²) in [6.45, 7) is 0. The topological polar surface area (TPSA) is 79.3 Å². The summed E-state index contributed by atoms with van der Waals surface area (Å²) in [6.07, 6.45) is 4.69. The third-order valence-corrected chi connectivity index (χ3v) is 9.49. The van der Waals surface area contributed by atoms with Gasteiger partial charge in [-0.05, 0) is 54.2 Å². The zero-order valence-corrected chi connectivity index (χ0v) is 21.4. The average Bonchev–Trinajstić information content (AvgIpc) is 3.46. The van der Waals surface area contributed by atoms with Gasteiger partial charge in [0, 0.05) is 20.4 Å². The van der Waals surface area contributed by atoms with Gasteiger partial charge in [-0.2, -0.15) is 0 Å². The molecule has 1 fully saturated rings. The molecule has 0 unspecified atom stereocenters. The van der Waals surface area contributed by atoms with Crippen molar-refractivity contribution in [3.63, 3.8) is 0 Å². The Hall–Kier alpha value is -1.68. The third-order valence-electron chi connectivity index (χ3n) is 6.05. The first-order chi connectivity index (χ1) is 15.4. The first-order valence-electron chi connectivity index (χ1n) is 10.1. The van der Waals surface area contributed by atoms with Crippen LogP contribution in [0.1, 0.15) is 12.0 Å². The van der Waals surface area contributed by atoms with E-state index in [9.17, 15) is 14.7 Å². The second-order valence-electron chi connectivity index (χ2n) is 8.01. The van der Waals surface area contributed by atoms with Crippen LogP contribution in [0.15, 0.2) is 61.8 Å². The van der Waals surface area contributed by atoms with Crippen molar-refractivity contribution in [2.45, 2.75) is 16.5 Å². The molecule has 0 saturated heterocycles. The molecule has 2 aliphatic rings. The van der Waals surface area contributed by atoms with E-state index in [0.717, 1.165) is 35.7 Å². The number of fused-ring (bicyclic) bond motifs is 3. The summed E-state index contributed by atoms with van der Waals surface area (Å²) < 4.78 is 4.04. The van der Waals surface area contributed by atoms with E-state index in [0.29, 0.717) is 5.69 Å². The standard InChI is InChI=1S/C23H18Br2N2O3S2/c24-14-4-3-13(16(25)8-14)10-31-23-27-17-6-5-15(9-18(17)32-23)26-21(28)19-11-1-2-12(7-11)20(19)22(29)30/h1-6,8-9,11-12,19-20H,7,10H2,(H,26,28)(H,29,30)/t11-,12-,19-,20+/m0/s1. The Kier molecular flexibility index (Phi) is 6.17. The van der Waals surface area contributed by atoms with Crippen molar-refractivity contribution >= 4 is 82.7 Å². The number of amides is 1. The minimum atomic E-state index is -0.890. The molecule has 1 saturated carbocycles. The van der Waals surface area contributed by atoms with E-state index in [4.69, 9.17) is 4.98 Å². The van der Waals surface area contributed by atoms with Crippen molar-refractivity contribution in [2.75, 3.05) is 5.32 Å². The summed E-state index contributed by atoms with van der Waals surface area (Å²) in [4.78, 5) is 29.3. The Balaban J connectivity index is 1.29. The quantitative estimate of drug-likeness (QED) is 0.249. The number of rotatable bonds is 6. The number of hydrogen-bond donors (Lipinski definition) is 2. The maximum atomic E-state index is 12.9. The first-order valence-corrected chi connectivity index (χ1v) is 13.5. The van der Waals surface area contributed by atoms with Gasteiger partial charge in [0.2, 0.25) is 5.91 Å². The van der Waals surface area contributed by atoms with E-state index in [1.807, 2.05) is 42.5 Å².